The van der Waals surface area contributed by atoms with Crippen LogP contribution in [0.25, 0.3) is 10.9 Å². The third-order valence-corrected chi connectivity index (χ3v) is 7.82. The summed E-state index contributed by atoms with van der Waals surface area (Å²) in [5, 5.41) is 17.6. The van der Waals surface area contributed by atoms with Crippen molar-refractivity contribution in [3.05, 3.63) is 48.3 Å². The molecular weight excluding hydrogens is 598 g/mol. The Kier molecular flexibility index (Phi) is 20.2. The van der Waals surface area contributed by atoms with Gasteiger partial charge in [0.05, 0.1) is 19.6 Å². The van der Waals surface area contributed by atoms with Crippen LogP contribution in [0.5, 0.6) is 0 Å². The number of carboxylic acid groups (broad SMARTS) is 1. The van der Waals surface area contributed by atoms with Gasteiger partial charge in [-0.25, -0.2) is 0 Å². The molecule has 3 heterocycles. The number of hydrogen-bond acceptors (Lipinski definition) is 6. The number of rotatable bonds is 8. The first-order valence-corrected chi connectivity index (χ1v) is 17.0. The van der Waals surface area contributed by atoms with E-state index in [0.717, 1.165) is 60.8 Å². The first kappa shape index (κ1) is 40.9. The van der Waals surface area contributed by atoms with Crippen LogP contribution in [-0.4, -0.2) is 76.3 Å². The van der Waals surface area contributed by atoms with Crippen molar-refractivity contribution < 1.29 is 29.1 Å². The number of unbranched alkanes of at least 4 members (excludes halogenated alkanes) is 3. The molecule has 3 amide bonds. The molecule has 0 bridgehead atoms. The summed E-state index contributed by atoms with van der Waals surface area (Å²) in [6.07, 6.45) is 12.2. The second-order valence-corrected chi connectivity index (χ2v) is 11.7. The summed E-state index contributed by atoms with van der Waals surface area (Å²) >= 11 is 0. The Balaban J connectivity index is 0.000000355. The lowest BCUT2D eigenvalue weighted by Crippen LogP contribution is -2.53. The number of amides is 3. The molecule has 0 spiro atoms. The molecule has 0 radical (unpaired) electrons. The fourth-order valence-corrected chi connectivity index (χ4v) is 4.93. The zero-order chi connectivity index (χ0) is 35.2. The Morgan fingerprint density at radius 2 is 1.53 bits per heavy atom. The van der Waals surface area contributed by atoms with Crippen molar-refractivity contribution in [3.63, 3.8) is 0 Å². The number of carboxylic acids is 1. The maximum atomic E-state index is 12.2. The summed E-state index contributed by atoms with van der Waals surface area (Å²) in [4.78, 5) is 58.4. The molecule has 11 nitrogen and oxygen atoms in total. The van der Waals surface area contributed by atoms with Crippen LogP contribution in [0.4, 0.5) is 0 Å². The van der Waals surface area contributed by atoms with E-state index in [1.54, 1.807) is 4.57 Å². The lowest BCUT2D eigenvalue weighted by molar-refractivity contribution is -0.137. The number of aliphatic carboxylic acids is 1. The first-order valence-electron chi connectivity index (χ1n) is 17.0. The van der Waals surface area contributed by atoms with Gasteiger partial charge in [-0.05, 0) is 44.2 Å². The molecule has 11 heteroatoms. The number of fused-ring (bicyclic) bond motifs is 2. The van der Waals surface area contributed by atoms with E-state index in [4.69, 9.17) is 5.11 Å². The quantitative estimate of drug-likeness (QED) is 0.289. The molecule has 1 aromatic carbocycles. The highest BCUT2D eigenvalue weighted by atomic mass is 16.4. The third-order valence-electron chi connectivity index (χ3n) is 7.82. The number of carbonyl (C=O) groups is 5. The first-order chi connectivity index (χ1) is 22.5. The molecule has 2 fully saturated rings. The topological polar surface area (TPSA) is 150 Å². The molecule has 1 atom stereocenters. The Morgan fingerprint density at radius 1 is 0.894 bits per heavy atom. The number of carbonyl (C=O) groups excluding carboxylic acids is 4. The second-order valence-electron chi connectivity index (χ2n) is 11.7. The molecule has 1 unspecified atom stereocenters. The summed E-state index contributed by atoms with van der Waals surface area (Å²) in [6.45, 7) is 15.2. The number of nitrogens with one attached hydrogen (secondary N) is 3. The zero-order valence-corrected chi connectivity index (χ0v) is 29.2. The number of aryl methyl sites for hydroxylation is 1. The normalized spacial score (nSPS) is 16.5. The molecule has 1 aromatic heterocycles. The summed E-state index contributed by atoms with van der Waals surface area (Å²) < 4.78 is 1.76. The maximum absolute atomic E-state index is 12.2. The van der Waals surface area contributed by atoms with Crippen LogP contribution in [0, 0.1) is 6.92 Å². The fourth-order valence-electron chi connectivity index (χ4n) is 4.93. The standard InChI is InChI=1S/C13H20N4O3.C11H11NO2.C8H16O.C4H10/c1-9-6-14-11(18)7-15-12(19)8-16-13(20)10-4-2-3-5-17(9)10;1-8-6-12(7-11(13)14)10-5-3-2-4-9(8)10;1-3-5-6-7-8(9)4-2;1-3-4-2/h10H,1-8H2,(H,14,18)(H,15,19)(H,16,20);2-6H,7H2,1H3,(H,13,14);3-7H2,1-2H3;3-4H2,1-2H3. The van der Waals surface area contributed by atoms with Crippen LogP contribution in [0.2, 0.25) is 0 Å². The van der Waals surface area contributed by atoms with Crippen LogP contribution in [0.1, 0.15) is 97.5 Å². The van der Waals surface area contributed by atoms with Gasteiger partial charge in [0.25, 0.3) is 0 Å². The van der Waals surface area contributed by atoms with Gasteiger partial charge in [0.2, 0.25) is 17.7 Å². The average molecular weight is 656 g/mol. The SMILES string of the molecule is C=C1CNC(=O)CNC(=O)CNC(=O)C2CCCCN12.CCCC.CCCCCC(=O)CC.Cc1cn(CC(=O)O)c2ccccc12. The Bertz CT molecular complexity index is 1260. The number of Topliss-reactive ketones (excluding diaryl/α,β-unsaturated/α-hetero) is 1. The lowest BCUT2D eigenvalue weighted by atomic mass is 10.0. The zero-order valence-electron chi connectivity index (χ0n) is 29.2. The van der Waals surface area contributed by atoms with E-state index in [1.807, 2.05) is 49.2 Å². The number of benzene rings is 1. The molecule has 0 saturated carbocycles. The fraction of sp³-hybridized carbons (Fsp3) is 0.583. The van der Waals surface area contributed by atoms with E-state index in [-0.39, 0.29) is 43.4 Å². The van der Waals surface area contributed by atoms with Gasteiger partial charge < -0.3 is 30.5 Å². The molecule has 262 valence electrons. The Labute approximate surface area is 280 Å². The van der Waals surface area contributed by atoms with Gasteiger partial charge in [-0.1, -0.05) is 78.2 Å². The minimum absolute atomic E-state index is 0.0222. The van der Waals surface area contributed by atoms with Gasteiger partial charge in [0.1, 0.15) is 18.4 Å². The highest BCUT2D eigenvalue weighted by molar-refractivity contribution is 5.90. The van der Waals surface area contributed by atoms with E-state index in [9.17, 15) is 24.0 Å². The number of nitrogens with zero attached hydrogens (tertiary/aromatic N) is 2. The molecule has 2 aliphatic rings. The van der Waals surface area contributed by atoms with E-state index in [2.05, 4.69) is 43.3 Å². The molecule has 4 rings (SSSR count). The molecule has 47 heavy (non-hydrogen) atoms. The van der Waals surface area contributed by atoms with Crippen molar-refractivity contribution in [2.75, 3.05) is 26.2 Å². The Hall–Kier alpha value is -4.15. The molecular formula is C36H57N5O6. The minimum Gasteiger partial charge on any atom is -0.480 e. The number of para-hydroxylation sites is 1. The summed E-state index contributed by atoms with van der Waals surface area (Å²) in [5.74, 6) is -1.20. The van der Waals surface area contributed by atoms with E-state index >= 15 is 0 Å². The lowest BCUT2D eigenvalue weighted by Gasteiger charge is -2.37. The van der Waals surface area contributed by atoms with Crippen molar-refractivity contribution in [2.24, 2.45) is 0 Å². The van der Waals surface area contributed by atoms with Gasteiger partial charge in [0, 0.05) is 42.2 Å². The monoisotopic (exact) mass is 655 g/mol. The highest BCUT2D eigenvalue weighted by Gasteiger charge is 2.30. The van der Waals surface area contributed by atoms with Gasteiger partial charge in [-0.3, -0.25) is 24.0 Å². The number of ketones is 1. The van der Waals surface area contributed by atoms with Crippen LogP contribution < -0.4 is 16.0 Å². The van der Waals surface area contributed by atoms with Gasteiger partial charge in [-0.2, -0.15) is 0 Å². The van der Waals surface area contributed by atoms with Crippen LogP contribution in [0.3, 0.4) is 0 Å². The Morgan fingerprint density at radius 3 is 2.15 bits per heavy atom. The van der Waals surface area contributed by atoms with Gasteiger partial charge in [-0.15, -0.1) is 0 Å². The van der Waals surface area contributed by atoms with Crippen molar-refractivity contribution in [2.45, 2.75) is 111 Å². The largest absolute Gasteiger partial charge is 0.480 e. The number of piperidine rings is 1. The van der Waals surface area contributed by atoms with Crippen molar-refractivity contribution in [1.82, 2.24) is 25.4 Å². The summed E-state index contributed by atoms with van der Waals surface area (Å²) in [5.41, 5.74) is 2.82. The van der Waals surface area contributed by atoms with Crippen LogP contribution in [-0.2, 0) is 30.5 Å². The van der Waals surface area contributed by atoms with Crippen molar-refractivity contribution >= 4 is 40.4 Å². The van der Waals surface area contributed by atoms with Gasteiger partial charge in [0.15, 0.2) is 0 Å². The smallest absolute Gasteiger partial charge is 0.323 e. The maximum Gasteiger partial charge on any atom is 0.323 e. The number of aromatic nitrogens is 1. The predicted molar refractivity (Wildman–Crippen MR) is 187 cm³/mol. The predicted octanol–water partition coefficient (Wildman–Crippen LogP) is 5.10. The summed E-state index contributed by atoms with van der Waals surface area (Å²) in [6, 6.07) is 7.51. The molecule has 2 aromatic rings. The van der Waals surface area contributed by atoms with Crippen molar-refractivity contribution in [1.29, 1.82) is 0 Å². The molecule has 0 aliphatic carbocycles. The minimum atomic E-state index is -0.814. The highest BCUT2D eigenvalue weighted by Crippen LogP contribution is 2.21. The van der Waals surface area contributed by atoms with Crippen LogP contribution in [0.15, 0.2) is 42.7 Å². The van der Waals surface area contributed by atoms with Gasteiger partial charge >= 0.3 is 5.97 Å². The third kappa shape index (κ3) is 15.8. The molecule has 4 N–H and O–H groups in total. The average Bonchev–Trinajstić information content (AvgIpc) is 3.39. The van der Waals surface area contributed by atoms with E-state index in [0.29, 0.717) is 18.7 Å². The van der Waals surface area contributed by atoms with E-state index in [1.165, 1.54) is 25.7 Å². The molecule has 2 saturated heterocycles. The van der Waals surface area contributed by atoms with E-state index < -0.39 is 5.97 Å². The van der Waals surface area contributed by atoms with Crippen LogP contribution >= 0.6 is 0 Å². The van der Waals surface area contributed by atoms with Crippen molar-refractivity contribution in [3.8, 4) is 0 Å². The summed E-state index contributed by atoms with van der Waals surface area (Å²) in [7, 11) is 0. The molecule has 2 aliphatic heterocycles. The number of hydrogen-bond donors (Lipinski definition) is 4. The second kappa shape index (κ2) is 23.2.